The SMILES string of the molecule is COc1cccc(C(=O)N(Cc2ccco2)Cc2cc3ccc(Cl)cc3nc2N2CCCC(CO)C2)c1OC. The first kappa shape index (κ1) is 26.8. The number of hydrogen-bond donors (Lipinski definition) is 1. The number of nitrogens with zero attached hydrogens (tertiary/aromatic N) is 3. The minimum absolute atomic E-state index is 0.129. The number of pyridine rings is 1. The molecule has 4 aromatic rings. The zero-order valence-electron chi connectivity index (χ0n) is 22.1. The molecule has 2 aromatic heterocycles. The summed E-state index contributed by atoms with van der Waals surface area (Å²) in [4.78, 5) is 23.0. The fraction of sp³-hybridized carbons (Fsp3) is 0.333. The second kappa shape index (κ2) is 12.0. The summed E-state index contributed by atoms with van der Waals surface area (Å²) < 4.78 is 16.7. The van der Waals surface area contributed by atoms with Crippen molar-refractivity contribution in [3.8, 4) is 11.5 Å². The van der Waals surface area contributed by atoms with Crippen LogP contribution in [-0.2, 0) is 13.1 Å². The molecule has 0 aliphatic carbocycles. The van der Waals surface area contributed by atoms with Gasteiger partial charge in [0.1, 0.15) is 11.6 Å². The molecular formula is C30H32ClN3O5. The predicted molar refractivity (Wildman–Crippen MR) is 151 cm³/mol. The minimum atomic E-state index is -0.226. The van der Waals surface area contributed by atoms with Gasteiger partial charge in [0.2, 0.25) is 0 Å². The number of amides is 1. The molecule has 5 rings (SSSR count). The number of carbonyl (C=O) groups is 1. The van der Waals surface area contributed by atoms with E-state index >= 15 is 0 Å². The zero-order valence-corrected chi connectivity index (χ0v) is 22.9. The van der Waals surface area contributed by atoms with Crippen molar-refractivity contribution in [2.45, 2.75) is 25.9 Å². The molecule has 3 heterocycles. The second-order valence-electron chi connectivity index (χ2n) is 9.73. The first-order valence-electron chi connectivity index (χ1n) is 13.0. The van der Waals surface area contributed by atoms with E-state index in [2.05, 4.69) is 11.0 Å². The first-order chi connectivity index (χ1) is 19.0. The van der Waals surface area contributed by atoms with Crippen LogP contribution in [0.3, 0.4) is 0 Å². The number of halogens is 1. The molecule has 1 amide bonds. The van der Waals surface area contributed by atoms with Crippen molar-refractivity contribution >= 4 is 34.2 Å². The molecule has 0 spiro atoms. The van der Waals surface area contributed by atoms with E-state index in [1.54, 1.807) is 42.5 Å². The summed E-state index contributed by atoms with van der Waals surface area (Å²) in [5.41, 5.74) is 2.07. The van der Waals surface area contributed by atoms with Crippen LogP contribution < -0.4 is 14.4 Å². The van der Waals surface area contributed by atoms with E-state index < -0.39 is 0 Å². The highest BCUT2D eigenvalue weighted by molar-refractivity contribution is 6.31. The average molecular weight is 550 g/mol. The van der Waals surface area contributed by atoms with Crippen molar-refractivity contribution in [3.63, 3.8) is 0 Å². The van der Waals surface area contributed by atoms with Crippen molar-refractivity contribution in [2.24, 2.45) is 5.92 Å². The molecule has 9 heteroatoms. The summed E-state index contributed by atoms with van der Waals surface area (Å²) in [6, 6.07) is 16.6. The highest BCUT2D eigenvalue weighted by Crippen LogP contribution is 2.34. The Labute approximate surface area is 232 Å². The molecule has 0 radical (unpaired) electrons. The lowest BCUT2D eigenvalue weighted by Crippen LogP contribution is -2.38. The van der Waals surface area contributed by atoms with Crippen LogP contribution in [-0.4, -0.2) is 54.8 Å². The van der Waals surface area contributed by atoms with Crippen LogP contribution in [0.25, 0.3) is 10.9 Å². The van der Waals surface area contributed by atoms with Gasteiger partial charge in [-0.3, -0.25) is 4.79 Å². The number of fused-ring (bicyclic) bond motifs is 1. The lowest BCUT2D eigenvalue weighted by Gasteiger charge is -2.35. The number of para-hydroxylation sites is 1. The van der Waals surface area contributed by atoms with Crippen LogP contribution in [0.15, 0.2) is 65.3 Å². The number of rotatable bonds is 9. The normalized spacial score (nSPS) is 15.4. The topological polar surface area (TPSA) is 88.3 Å². The Morgan fingerprint density at radius 1 is 1.15 bits per heavy atom. The molecule has 2 aromatic carbocycles. The van der Waals surface area contributed by atoms with Gasteiger partial charge in [-0.2, -0.15) is 0 Å². The van der Waals surface area contributed by atoms with Gasteiger partial charge in [0.05, 0.1) is 44.7 Å². The maximum absolute atomic E-state index is 14.1. The van der Waals surface area contributed by atoms with Gasteiger partial charge >= 0.3 is 0 Å². The molecule has 39 heavy (non-hydrogen) atoms. The third-order valence-electron chi connectivity index (χ3n) is 7.12. The van der Waals surface area contributed by atoms with Crippen LogP contribution in [0, 0.1) is 5.92 Å². The summed E-state index contributed by atoms with van der Waals surface area (Å²) in [5.74, 6) is 2.25. The van der Waals surface area contributed by atoms with E-state index in [0.717, 1.165) is 41.7 Å². The number of aliphatic hydroxyl groups excluding tert-OH is 1. The summed E-state index contributed by atoms with van der Waals surface area (Å²) in [6.45, 7) is 2.17. The molecule has 1 aliphatic rings. The largest absolute Gasteiger partial charge is 0.493 e. The van der Waals surface area contributed by atoms with E-state index in [-0.39, 0.29) is 31.5 Å². The van der Waals surface area contributed by atoms with Crippen molar-refractivity contribution in [1.29, 1.82) is 0 Å². The van der Waals surface area contributed by atoms with Crippen molar-refractivity contribution in [3.05, 3.63) is 82.8 Å². The Morgan fingerprint density at radius 2 is 2.03 bits per heavy atom. The molecule has 1 saturated heterocycles. The van der Waals surface area contributed by atoms with Gasteiger partial charge in [-0.1, -0.05) is 23.7 Å². The molecule has 204 valence electrons. The summed E-state index contributed by atoms with van der Waals surface area (Å²) in [6.07, 6.45) is 3.52. The van der Waals surface area contributed by atoms with Crippen LogP contribution in [0.5, 0.6) is 11.5 Å². The van der Waals surface area contributed by atoms with Gasteiger partial charge < -0.3 is 28.8 Å². The van der Waals surface area contributed by atoms with Gasteiger partial charge in [0.25, 0.3) is 5.91 Å². The van der Waals surface area contributed by atoms with Crippen LogP contribution >= 0.6 is 11.6 Å². The fourth-order valence-corrected chi connectivity index (χ4v) is 5.36. The monoisotopic (exact) mass is 549 g/mol. The van der Waals surface area contributed by atoms with E-state index in [9.17, 15) is 9.90 Å². The standard InChI is InChI=1S/C30H32ClN3O5/c1-37-27-9-3-8-25(28(27)38-2)30(36)34(18-24-7-5-13-39-24)17-22-14-21-10-11-23(31)15-26(21)32-29(22)33-12-4-6-20(16-33)19-35/h3,5,7-11,13-15,20,35H,4,6,12,16-19H2,1-2H3. The highest BCUT2D eigenvalue weighted by Gasteiger charge is 2.27. The summed E-state index contributed by atoms with van der Waals surface area (Å²) in [7, 11) is 3.07. The Bertz CT molecular complexity index is 1440. The minimum Gasteiger partial charge on any atom is -0.493 e. The second-order valence-corrected chi connectivity index (χ2v) is 10.2. The Hall–Kier alpha value is -3.75. The first-order valence-corrected chi connectivity index (χ1v) is 13.4. The Morgan fingerprint density at radius 3 is 2.77 bits per heavy atom. The molecule has 8 nitrogen and oxygen atoms in total. The van der Waals surface area contributed by atoms with Gasteiger partial charge in [-0.15, -0.1) is 0 Å². The Kier molecular flexibility index (Phi) is 8.24. The van der Waals surface area contributed by atoms with Gasteiger partial charge in [-0.05, 0) is 61.2 Å². The van der Waals surface area contributed by atoms with Crippen LogP contribution in [0.4, 0.5) is 5.82 Å². The van der Waals surface area contributed by atoms with Crippen LogP contribution in [0.2, 0.25) is 5.02 Å². The number of anilines is 1. The number of aliphatic hydroxyl groups is 1. The van der Waals surface area contributed by atoms with Crippen LogP contribution in [0.1, 0.15) is 34.5 Å². The number of hydrogen-bond acceptors (Lipinski definition) is 7. The van der Waals surface area contributed by atoms with E-state index in [4.69, 9.17) is 30.5 Å². The van der Waals surface area contributed by atoms with E-state index in [1.807, 2.05) is 24.3 Å². The molecule has 1 N–H and O–H groups in total. The molecule has 1 fully saturated rings. The zero-order chi connectivity index (χ0) is 27.4. The third-order valence-corrected chi connectivity index (χ3v) is 7.36. The number of furan rings is 1. The number of methoxy groups -OCH3 is 2. The number of aromatic nitrogens is 1. The summed E-state index contributed by atoms with van der Waals surface area (Å²) in [5, 5.41) is 11.4. The van der Waals surface area contributed by atoms with Crippen molar-refractivity contribution < 1.29 is 23.8 Å². The van der Waals surface area contributed by atoms with Crippen molar-refractivity contribution in [2.75, 3.05) is 38.8 Å². The molecule has 0 saturated carbocycles. The van der Waals surface area contributed by atoms with E-state index in [1.165, 1.54) is 7.11 Å². The van der Waals surface area contributed by atoms with Gasteiger partial charge in [0.15, 0.2) is 11.5 Å². The number of piperidine rings is 1. The van der Waals surface area contributed by atoms with E-state index in [0.29, 0.717) is 34.4 Å². The predicted octanol–water partition coefficient (Wildman–Crippen LogP) is 5.55. The lowest BCUT2D eigenvalue weighted by atomic mass is 9.98. The quantitative estimate of drug-likeness (QED) is 0.293. The highest BCUT2D eigenvalue weighted by atomic mass is 35.5. The summed E-state index contributed by atoms with van der Waals surface area (Å²) >= 11 is 6.30. The van der Waals surface area contributed by atoms with Gasteiger partial charge in [0, 0.05) is 35.7 Å². The maximum atomic E-state index is 14.1. The van der Waals surface area contributed by atoms with Gasteiger partial charge in [-0.25, -0.2) is 4.98 Å². The van der Waals surface area contributed by atoms with Crippen molar-refractivity contribution in [1.82, 2.24) is 9.88 Å². The lowest BCUT2D eigenvalue weighted by molar-refractivity contribution is 0.0713. The molecular weight excluding hydrogens is 518 g/mol. The Balaban J connectivity index is 1.58. The number of ether oxygens (including phenoxy) is 2. The fourth-order valence-electron chi connectivity index (χ4n) is 5.19. The smallest absolute Gasteiger partial charge is 0.258 e. The molecule has 1 unspecified atom stereocenters. The third kappa shape index (κ3) is 5.82. The molecule has 1 aliphatic heterocycles. The number of carbonyl (C=O) groups excluding carboxylic acids is 1. The molecule has 0 bridgehead atoms. The molecule has 1 atom stereocenters. The average Bonchev–Trinajstić information content (AvgIpc) is 3.49. The number of benzene rings is 2. The maximum Gasteiger partial charge on any atom is 0.258 e.